The molecule has 8 heteroatoms. The summed E-state index contributed by atoms with van der Waals surface area (Å²) in [5.41, 5.74) is -0.881. The van der Waals surface area contributed by atoms with E-state index in [0.29, 0.717) is 24.9 Å². The van der Waals surface area contributed by atoms with Crippen molar-refractivity contribution in [2.45, 2.75) is 37.7 Å². The number of aromatic nitrogens is 1. The Kier molecular flexibility index (Phi) is 5.31. The highest BCUT2D eigenvalue weighted by Gasteiger charge is 2.35. The van der Waals surface area contributed by atoms with Gasteiger partial charge in [0.25, 0.3) is 0 Å². The number of hydrogen-bond acceptors (Lipinski definition) is 4. The lowest BCUT2D eigenvalue weighted by Gasteiger charge is -2.36. The maximum Gasteiger partial charge on any atom is 0.417 e. The van der Waals surface area contributed by atoms with Gasteiger partial charge in [-0.3, -0.25) is 4.98 Å². The Morgan fingerprint density at radius 3 is 2.70 bits per heavy atom. The minimum atomic E-state index is -4.62. The molecule has 1 heterocycles. The fourth-order valence-corrected chi connectivity index (χ4v) is 3.58. The molecule has 0 radical (unpaired) electrons. The number of nitriles is 1. The third-order valence-corrected chi connectivity index (χ3v) is 5.26. The molecule has 1 aromatic heterocycles. The highest BCUT2D eigenvalue weighted by Crippen LogP contribution is 2.35. The van der Waals surface area contributed by atoms with Gasteiger partial charge in [-0.25, -0.2) is 4.39 Å². The molecule has 0 aliphatic heterocycles. The SMILES string of the molecule is N#Cc1ccc(OC2CC(NCc3c(F)ccc4cnccc34)C2)cc1C(F)(F)F. The van der Waals surface area contributed by atoms with Crippen molar-refractivity contribution in [2.24, 2.45) is 0 Å². The first kappa shape index (κ1) is 20.1. The van der Waals surface area contributed by atoms with Crippen LogP contribution in [0.25, 0.3) is 10.8 Å². The van der Waals surface area contributed by atoms with Crippen molar-refractivity contribution in [1.82, 2.24) is 10.3 Å². The summed E-state index contributed by atoms with van der Waals surface area (Å²) >= 11 is 0. The van der Waals surface area contributed by atoms with Gasteiger partial charge in [-0.1, -0.05) is 0 Å². The molecular weight excluding hydrogens is 398 g/mol. The summed E-state index contributed by atoms with van der Waals surface area (Å²) in [4.78, 5) is 4.04. The molecule has 0 unspecified atom stereocenters. The summed E-state index contributed by atoms with van der Waals surface area (Å²) in [7, 11) is 0. The van der Waals surface area contributed by atoms with Crippen molar-refractivity contribution in [1.29, 1.82) is 5.26 Å². The van der Waals surface area contributed by atoms with Crippen molar-refractivity contribution in [2.75, 3.05) is 0 Å². The van der Waals surface area contributed by atoms with E-state index in [0.717, 1.165) is 22.9 Å². The number of nitrogens with zero attached hydrogens (tertiary/aromatic N) is 2. The Balaban J connectivity index is 1.36. The second-order valence-electron chi connectivity index (χ2n) is 7.23. The number of rotatable bonds is 5. The van der Waals surface area contributed by atoms with Crippen LogP contribution in [-0.2, 0) is 12.7 Å². The minimum absolute atomic E-state index is 0.0759. The van der Waals surface area contributed by atoms with Gasteiger partial charge in [0.15, 0.2) is 0 Å². The van der Waals surface area contributed by atoms with E-state index >= 15 is 0 Å². The monoisotopic (exact) mass is 415 g/mol. The first-order chi connectivity index (χ1) is 14.3. The Labute approximate surface area is 170 Å². The molecule has 0 spiro atoms. The zero-order valence-electron chi connectivity index (χ0n) is 15.7. The van der Waals surface area contributed by atoms with E-state index in [1.807, 2.05) is 0 Å². The second-order valence-corrected chi connectivity index (χ2v) is 7.23. The van der Waals surface area contributed by atoms with Gasteiger partial charge in [0.1, 0.15) is 17.7 Å². The van der Waals surface area contributed by atoms with Crippen LogP contribution in [0.15, 0.2) is 48.8 Å². The minimum Gasteiger partial charge on any atom is -0.490 e. The average molecular weight is 415 g/mol. The summed E-state index contributed by atoms with van der Waals surface area (Å²) in [5.74, 6) is -0.219. The third kappa shape index (κ3) is 4.07. The summed E-state index contributed by atoms with van der Waals surface area (Å²) in [6, 6.07) is 9.83. The molecule has 1 fully saturated rings. The summed E-state index contributed by atoms with van der Waals surface area (Å²) < 4.78 is 59.1. The van der Waals surface area contributed by atoms with Crippen LogP contribution < -0.4 is 10.1 Å². The first-order valence-electron chi connectivity index (χ1n) is 9.37. The average Bonchev–Trinajstić information content (AvgIpc) is 2.70. The van der Waals surface area contributed by atoms with Crippen molar-refractivity contribution in [3.8, 4) is 11.8 Å². The topological polar surface area (TPSA) is 57.9 Å². The van der Waals surface area contributed by atoms with Crippen molar-refractivity contribution in [3.05, 3.63) is 71.3 Å². The van der Waals surface area contributed by atoms with E-state index in [4.69, 9.17) is 10.00 Å². The molecule has 154 valence electrons. The summed E-state index contributed by atoms with van der Waals surface area (Å²) in [5, 5.41) is 13.8. The van der Waals surface area contributed by atoms with Gasteiger partial charge < -0.3 is 10.1 Å². The fourth-order valence-electron chi connectivity index (χ4n) is 3.58. The lowest BCUT2D eigenvalue weighted by molar-refractivity contribution is -0.138. The van der Waals surface area contributed by atoms with E-state index in [9.17, 15) is 17.6 Å². The molecule has 1 N–H and O–H groups in total. The lowest BCUT2D eigenvalue weighted by atomic mass is 9.89. The molecule has 0 bridgehead atoms. The van der Waals surface area contributed by atoms with Crippen LogP contribution >= 0.6 is 0 Å². The van der Waals surface area contributed by atoms with Crippen LogP contribution in [-0.4, -0.2) is 17.1 Å². The van der Waals surface area contributed by atoms with Gasteiger partial charge in [0.05, 0.1) is 17.2 Å². The smallest absolute Gasteiger partial charge is 0.417 e. The zero-order chi connectivity index (χ0) is 21.3. The molecule has 0 amide bonds. The van der Waals surface area contributed by atoms with Gasteiger partial charge in [0, 0.05) is 35.9 Å². The number of nitrogens with one attached hydrogen (secondary N) is 1. The Morgan fingerprint density at radius 1 is 1.17 bits per heavy atom. The van der Waals surface area contributed by atoms with E-state index in [2.05, 4.69) is 10.3 Å². The highest BCUT2D eigenvalue weighted by atomic mass is 19.4. The number of benzene rings is 2. The predicted octanol–water partition coefficient (Wildman–Crippen LogP) is 4.96. The molecular formula is C22H17F4N3O. The standard InChI is InChI=1S/C22H17F4N3O/c23-21-4-2-14-11-28-6-5-18(14)19(21)12-29-15-7-17(8-15)30-16-3-1-13(10-27)20(9-16)22(24,25)26/h1-6,9,11,15,17,29H,7-8,12H2. The van der Waals surface area contributed by atoms with Crippen LogP contribution in [0.4, 0.5) is 17.6 Å². The Morgan fingerprint density at radius 2 is 1.97 bits per heavy atom. The van der Waals surface area contributed by atoms with Gasteiger partial charge in [-0.2, -0.15) is 18.4 Å². The second kappa shape index (κ2) is 7.92. The molecule has 4 rings (SSSR count). The molecule has 0 atom stereocenters. The van der Waals surface area contributed by atoms with Crippen molar-refractivity contribution >= 4 is 10.8 Å². The molecule has 1 saturated carbocycles. The maximum absolute atomic E-state index is 14.3. The third-order valence-electron chi connectivity index (χ3n) is 5.26. The summed E-state index contributed by atoms with van der Waals surface area (Å²) in [6.07, 6.45) is -0.376. The predicted molar refractivity (Wildman–Crippen MR) is 102 cm³/mol. The van der Waals surface area contributed by atoms with Crippen LogP contribution in [0.3, 0.4) is 0 Å². The molecule has 1 aliphatic carbocycles. The van der Waals surface area contributed by atoms with Gasteiger partial charge in [-0.15, -0.1) is 0 Å². The molecule has 4 nitrogen and oxygen atoms in total. The van der Waals surface area contributed by atoms with Gasteiger partial charge in [-0.05, 0) is 54.6 Å². The zero-order valence-corrected chi connectivity index (χ0v) is 15.7. The van der Waals surface area contributed by atoms with Crippen LogP contribution in [0, 0.1) is 17.1 Å². The largest absolute Gasteiger partial charge is 0.490 e. The maximum atomic E-state index is 14.3. The molecule has 3 aromatic rings. The van der Waals surface area contributed by atoms with E-state index in [1.54, 1.807) is 30.6 Å². The normalized spacial score (nSPS) is 18.6. The number of ether oxygens (including phenoxy) is 1. The van der Waals surface area contributed by atoms with Crippen molar-refractivity contribution < 1.29 is 22.3 Å². The number of pyridine rings is 1. The quantitative estimate of drug-likeness (QED) is 0.598. The van der Waals surface area contributed by atoms with Gasteiger partial charge >= 0.3 is 6.18 Å². The molecule has 30 heavy (non-hydrogen) atoms. The van der Waals surface area contributed by atoms with E-state index in [1.165, 1.54) is 12.1 Å². The summed E-state index contributed by atoms with van der Waals surface area (Å²) in [6.45, 7) is 0.333. The highest BCUT2D eigenvalue weighted by molar-refractivity contribution is 5.84. The van der Waals surface area contributed by atoms with Crippen LogP contribution in [0.1, 0.15) is 29.5 Å². The fraction of sp³-hybridized carbons (Fsp3) is 0.273. The lowest BCUT2D eigenvalue weighted by Crippen LogP contribution is -2.46. The van der Waals surface area contributed by atoms with E-state index in [-0.39, 0.29) is 23.7 Å². The van der Waals surface area contributed by atoms with Gasteiger partial charge in [0.2, 0.25) is 0 Å². The van der Waals surface area contributed by atoms with Crippen LogP contribution in [0.2, 0.25) is 0 Å². The molecule has 2 aromatic carbocycles. The molecule has 0 saturated heterocycles. The van der Waals surface area contributed by atoms with Crippen molar-refractivity contribution in [3.63, 3.8) is 0 Å². The first-order valence-corrected chi connectivity index (χ1v) is 9.37. The number of alkyl halides is 3. The number of fused-ring (bicyclic) bond motifs is 1. The number of halogens is 4. The Hall–Kier alpha value is -3.18. The van der Waals surface area contributed by atoms with E-state index < -0.39 is 17.3 Å². The van der Waals surface area contributed by atoms with Crippen LogP contribution in [0.5, 0.6) is 5.75 Å². The molecule has 1 aliphatic rings. The number of hydrogen-bond donors (Lipinski definition) is 1. The Bertz CT molecular complexity index is 1120.